The summed E-state index contributed by atoms with van der Waals surface area (Å²) < 4.78 is 27.7. The lowest BCUT2D eigenvalue weighted by Gasteiger charge is -2.39. The van der Waals surface area contributed by atoms with Crippen molar-refractivity contribution < 1.29 is 23.1 Å². The Bertz CT molecular complexity index is 2240. The van der Waals surface area contributed by atoms with Crippen LogP contribution in [0.3, 0.4) is 0 Å². The second-order valence-corrected chi connectivity index (χ2v) is 19.4. The molecule has 1 aliphatic heterocycles. The molecule has 0 spiro atoms. The van der Waals surface area contributed by atoms with Gasteiger partial charge in [-0.15, -0.1) is 0 Å². The highest BCUT2D eigenvalue weighted by molar-refractivity contribution is 7.79. The molecule has 4 aromatic rings. The number of carbonyl (C=O) groups excluding carboxylic acids is 2. The molecule has 0 bridgehead atoms. The summed E-state index contributed by atoms with van der Waals surface area (Å²) in [5.41, 5.74) is 5.45. The van der Waals surface area contributed by atoms with Crippen LogP contribution in [0, 0.1) is 22.2 Å². The molecule has 2 aliphatic rings. The van der Waals surface area contributed by atoms with Crippen LogP contribution in [0.2, 0.25) is 0 Å². The summed E-state index contributed by atoms with van der Waals surface area (Å²) in [5, 5.41) is 15.7. The van der Waals surface area contributed by atoms with Gasteiger partial charge in [-0.3, -0.25) is 14.9 Å². The first-order chi connectivity index (χ1) is 28.7. The second-order valence-electron chi connectivity index (χ2n) is 17.4. The minimum atomic E-state index is -1.82. The van der Waals surface area contributed by atoms with Crippen molar-refractivity contribution in [3.8, 4) is 0 Å². The maximum atomic E-state index is 13.6. The summed E-state index contributed by atoms with van der Waals surface area (Å²) in [6, 6.07) is 17.4. The number of allylic oxidation sites excluding steroid dienone is 3. The molecule has 320 valence electrons. The first-order valence-corrected chi connectivity index (χ1v) is 22.8. The van der Waals surface area contributed by atoms with Crippen LogP contribution in [-0.4, -0.2) is 93.7 Å². The predicted octanol–water partition coefficient (Wildman–Crippen LogP) is 8.24. The highest BCUT2D eigenvalue weighted by atomic mass is 32.2. The quantitative estimate of drug-likeness (QED) is 0.0332. The van der Waals surface area contributed by atoms with E-state index in [-0.39, 0.29) is 34.3 Å². The number of benzene rings is 2. The number of hydrogen-bond acceptors (Lipinski definition) is 11. The average molecular weight is 854 g/mol. The molecular weight excluding hydrogens is 795 g/mol. The van der Waals surface area contributed by atoms with Gasteiger partial charge >= 0.3 is 0 Å². The van der Waals surface area contributed by atoms with Gasteiger partial charge in [0.05, 0.1) is 28.7 Å². The Balaban J connectivity index is 1.16. The zero-order chi connectivity index (χ0) is 43.0. The monoisotopic (exact) mass is 853 g/mol. The van der Waals surface area contributed by atoms with Crippen LogP contribution < -0.4 is 15.5 Å². The molecule has 0 fully saturated rings. The number of thiazole rings is 1. The number of likely N-dealkylation sites (N-methyl/N-ethyl adjacent to an activating group) is 1. The molecule has 0 saturated heterocycles. The van der Waals surface area contributed by atoms with Gasteiger partial charge in [-0.05, 0) is 97.9 Å². The number of anilines is 2. The maximum absolute atomic E-state index is 13.6. The standard InChI is InChI=1S/C46H59N7O5S2/c1-31(2)24-45(4)18-16-34(58-22-20-52(6)21-23-60(56)57)25-46(5,29-45)30-48-32(3)37(26-47)35-14-15-42(49-40(35)28-54)53-19-17-33-10-9-11-36(38(33)27-53)43(55)51-44-50-39-12-7-8-13-41(39)59-44/h7-16,18,26,28,31,34,47-48H,17,19-25,27,29-30H2,1-6H3,(H,56,57)(H,50,51,55)/b37-32+,47-26?. The Morgan fingerprint density at radius 2 is 1.93 bits per heavy atom. The van der Waals surface area contributed by atoms with E-state index in [1.807, 2.05) is 67.4 Å². The molecule has 4 atom stereocenters. The Morgan fingerprint density at radius 3 is 2.67 bits per heavy atom. The number of fused-ring (bicyclic) bond motifs is 2. The highest BCUT2D eigenvalue weighted by Gasteiger charge is 2.39. The molecular formula is C46H59N7O5S2. The lowest BCUT2D eigenvalue weighted by molar-refractivity contribution is 0.0349. The van der Waals surface area contributed by atoms with Crippen molar-refractivity contribution in [3.63, 3.8) is 0 Å². The number of ether oxygens (including phenoxy) is 1. The fourth-order valence-corrected chi connectivity index (χ4v) is 10.2. The van der Waals surface area contributed by atoms with Crippen molar-refractivity contribution in [1.29, 1.82) is 5.41 Å². The van der Waals surface area contributed by atoms with Crippen LogP contribution in [0.4, 0.5) is 10.9 Å². The number of aldehydes is 1. The summed E-state index contributed by atoms with van der Waals surface area (Å²) in [6.45, 7) is 14.5. The van der Waals surface area contributed by atoms with Gasteiger partial charge in [-0.1, -0.05) is 75.4 Å². The lowest BCUT2D eigenvalue weighted by Crippen LogP contribution is -2.38. The normalized spacial score (nSPS) is 21.4. The van der Waals surface area contributed by atoms with Crippen LogP contribution in [-0.2, 0) is 28.8 Å². The molecule has 60 heavy (non-hydrogen) atoms. The number of aromatic nitrogens is 2. The number of para-hydroxylation sites is 1. The summed E-state index contributed by atoms with van der Waals surface area (Å²) in [6.07, 6.45) is 9.98. The van der Waals surface area contributed by atoms with Gasteiger partial charge in [-0.2, -0.15) is 0 Å². The topological polar surface area (TPSA) is 161 Å². The number of rotatable bonds is 18. The second kappa shape index (κ2) is 19.9. The van der Waals surface area contributed by atoms with Crippen LogP contribution in [0.25, 0.3) is 15.8 Å². The molecule has 1 aliphatic carbocycles. The lowest BCUT2D eigenvalue weighted by atomic mass is 9.69. The molecule has 6 rings (SSSR count). The highest BCUT2D eigenvalue weighted by Crippen LogP contribution is 2.45. The van der Waals surface area contributed by atoms with Gasteiger partial charge in [0.15, 0.2) is 22.5 Å². The number of pyridine rings is 1. The van der Waals surface area contributed by atoms with Crippen molar-refractivity contribution in [2.24, 2.45) is 16.7 Å². The Hall–Kier alpha value is -4.60. The number of nitrogens with zero attached hydrogens (tertiary/aromatic N) is 4. The molecule has 4 N–H and O–H groups in total. The van der Waals surface area contributed by atoms with Gasteiger partial charge in [0.25, 0.3) is 5.91 Å². The molecule has 2 aromatic heterocycles. The van der Waals surface area contributed by atoms with Gasteiger partial charge in [0.1, 0.15) is 11.5 Å². The Labute approximate surface area is 360 Å². The SMILES string of the molecule is C/C(NCC1(C)CC(OCCN(C)CCS(=O)O)C=CC(C)(CC(C)C)C1)=C(/C=N)c1ccc(N2CCc3cccc(C(=O)Nc4nc5ccccc5s4)c3C2)nc1C=O. The van der Waals surface area contributed by atoms with Crippen molar-refractivity contribution in [2.75, 3.05) is 55.8 Å². The Morgan fingerprint density at radius 1 is 1.13 bits per heavy atom. The van der Waals surface area contributed by atoms with E-state index in [1.54, 1.807) is 0 Å². The van der Waals surface area contributed by atoms with Gasteiger partial charge in [-0.25, -0.2) is 14.2 Å². The molecule has 3 heterocycles. The zero-order valence-electron chi connectivity index (χ0n) is 35.6. The maximum Gasteiger partial charge on any atom is 0.257 e. The zero-order valence-corrected chi connectivity index (χ0v) is 37.3. The van der Waals surface area contributed by atoms with Crippen molar-refractivity contribution in [2.45, 2.75) is 73.0 Å². The first kappa shape index (κ1) is 44.9. The third-order valence-corrected chi connectivity index (χ3v) is 13.0. The minimum absolute atomic E-state index is 0.0347. The van der Waals surface area contributed by atoms with Crippen molar-refractivity contribution in [3.05, 3.63) is 100 Å². The van der Waals surface area contributed by atoms with Crippen LogP contribution in [0.5, 0.6) is 0 Å². The smallest absolute Gasteiger partial charge is 0.257 e. The molecule has 14 heteroatoms. The fraction of sp³-hybridized carbons (Fsp3) is 0.457. The van der Waals surface area contributed by atoms with E-state index in [0.29, 0.717) is 79.3 Å². The van der Waals surface area contributed by atoms with E-state index in [2.05, 4.69) is 66.4 Å². The van der Waals surface area contributed by atoms with Crippen LogP contribution >= 0.6 is 11.3 Å². The third-order valence-electron chi connectivity index (χ3n) is 11.6. The van der Waals surface area contributed by atoms with E-state index >= 15 is 0 Å². The minimum Gasteiger partial charge on any atom is -0.387 e. The molecule has 0 radical (unpaired) electrons. The number of amides is 1. The summed E-state index contributed by atoms with van der Waals surface area (Å²) >= 11 is -0.377. The van der Waals surface area contributed by atoms with Gasteiger partial charge in [0, 0.05) is 61.3 Å². The molecule has 0 saturated carbocycles. The number of hydrogen-bond donors (Lipinski definition) is 4. The van der Waals surface area contributed by atoms with E-state index in [0.717, 1.165) is 52.6 Å². The van der Waals surface area contributed by atoms with Crippen LogP contribution in [0.15, 0.2) is 72.4 Å². The summed E-state index contributed by atoms with van der Waals surface area (Å²) in [7, 11) is 1.93. The van der Waals surface area contributed by atoms with E-state index in [9.17, 15) is 13.8 Å². The summed E-state index contributed by atoms with van der Waals surface area (Å²) in [5.74, 6) is 1.14. The van der Waals surface area contributed by atoms with E-state index in [4.69, 9.17) is 19.7 Å². The van der Waals surface area contributed by atoms with Crippen LogP contribution in [0.1, 0.15) is 91.4 Å². The number of nitrogens with one attached hydrogen (secondary N) is 3. The van der Waals surface area contributed by atoms with E-state index < -0.39 is 11.1 Å². The predicted molar refractivity (Wildman–Crippen MR) is 245 cm³/mol. The third kappa shape index (κ3) is 11.4. The van der Waals surface area contributed by atoms with E-state index in [1.165, 1.54) is 17.6 Å². The van der Waals surface area contributed by atoms with Crippen molar-refractivity contribution >= 4 is 67.6 Å². The fourth-order valence-electron chi connectivity index (χ4n) is 8.89. The van der Waals surface area contributed by atoms with Crippen molar-refractivity contribution in [1.82, 2.24) is 20.2 Å². The molecule has 4 unspecified atom stereocenters. The number of carbonyl (C=O) groups is 2. The first-order valence-electron chi connectivity index (χ1n) is 20.7. The summed E-state index contributed by atoms with van der Waals surface area (Å²) in [4.78, 5) is 39.8. The van der Waals surface area contributed by atoms with Gasteiger partial charge < -0.3 is 29.8 Å². The van der Waals surface area contributed by atoms with Gasteiger partial charge in [0.2, 0.25) is 0 Å². The molecule has 2 aromatic carbocycles. The molecule has 12 nitrogen and oxygen atoms in total. The largest absolute Gasteiger partial charge is 0.387 e. The Kier molecular flexibility index (Phi) is 14.9. The molecule has 1 amide bonds. The average Bonchev–Trinajstić information content (AvgIpc) is 3.57.